The number of hydrogen-bond acceptors (Lipinski definition) is 2. The molecule has 2 aromatic carbocycles. The quantitative estimate of drug-likeness (QED) is 0.787. The summed E-state index contributed by atoms with van der Waals surface area (Å²) in [4.78, 5) is 12.1. The molecule has 0 aliphatic carbocycles. The van der Waals surface area contributed by atoms with Gasteiger partial charge in [0.25, 0.3) is 5.91 Å². The SMILES string of the molecule is CC(NC(=O)c1cc(F)cc(F)c1)c1cc2ccccc2o1. The number of carbonyl (C=O) groups excluding carboxylic acids is 1. The van der Waals surface area contributed by atoms with Crippen LogP contribution < -0.4 is 5.32 Å². The van der Waals surface area contributed by atoms with Crippen LogP contribution in [-0.2, 0) is 0 Å². The van der Waals surface area contributed by atoms with Crippen molar-refractivity contribution in [1.82, 2.24) is 5.32 Å². The normalized spacial score (nSPS) is 12.3. The lowest BCUT2D eigenvalue weighted by Crippen LogP contribution is -2.26. The van der Waals surface area contributed by atoms with Crippen LogP contribution in [0.4, 0.5) is 8.78 Å². The Morgan fingerprint density at radius 3 is 2.45 bits per heavy atom. The minimum atomic E-state index is -0.790. The highest BCUT2D eigenvalue weighted by Gasteiger charge is 2.16. The zero-order valence-electron chi connectivity index (χ0n) is 11.8. The first-order chi connectivity index (χ1) is 10.5. The smallest absolute Gasteiger partial charge is 0.252 e. The second-order valence-corrected chi connectivity index (χ2v) is 5.04. The third-order valence-corrected chi connectivity index (χ3v) is 3.34. The lowest BCUT2D eigenvalue weighted by molar-refractivity contribution is 0.0934. The fourth-order valence-electron chi connectivity index (χ4n) is 2.25. The molecule has 1 aromatic heterocycles. The molecule has 5 heteroatoms. The fraction of sp³-hybridized carbons (Fsp3) is 0.118. The van der Waals surface area contributed by atoms with Gasteiger partial charge in [-0.1, -0.05) is 18.2 Å². The molecule has 0 aliphatic heterocycles. The number of nitrogens with one attached hydrogen (secondary N) is 1. The van der Waals surface area contributed by atoms with E-state index in [1.54, 1.807) is 6.92 Å². The van der Waals surface area contributed by atoms with Crippen molar-refractivity contribution >= 4 is 16.9 Å². The van der Waals surface area contributed by atoms with Gasteiger partial charge in [0, 0.05) is 17.0 Å². The predicted molar refractivity (Wildman–Crippen MR) is 78.5 cm³/mol. The van der Waals surface area contributed by atoms with E-state index in [9.17, 15) is 13.6 Å². The van der Waals surface area contributed by atoms with E-state index in [1.165, 1.54) is 0 Å². The van der Waals surface area contributed by atoms with Crippen LogP contribution in [0.5, 0.6) is 0 Å². The maximum absolute atomic E-state index is 13.1. The molecule has 1 N–H and O–H groups in total. The van der Waals surface area contributed by atoms with Crippen LogP contribution in [0, 0.1) is 11.6 Å². The highest BCUT2D eigenvalue weighted by atomic mass is 19.1. The first kappa shape index (κ1) is 14.3. The minimum Gasteiger partial charge on any atom is -0.459 e. The second-order valence-electron chi connectivity index (χ2n) is 5.04. The second kappa shape index (κ2) is 5.60. The number of benzene rings is 2. The summed E-state index contributed by atoms with van der Waals surface area (Å²) in [5.41, 5.74) is 0.649. The van der Waals surface area contributed by atoms with Crippen molar-refractivity contribution < 1.29 is 18.0 Å². The van der Waals surface area contributed by atoms with Crippen LogP contribution >= 0.6 is 0 Å². The zero-order valence-corrected chi connectivity index (χ0v) is 11.8. The summed E-state index contributed by atoms with van der Waals surface area (Å²) in [5, 5.41) is 3.59. The van der Waals surface area contributed by atoms with Crippen LogP contribution in [0.25, 0.3) is 11.0 Å². The van der Waals surface area contributed by atoms with Gasteiger partial charge in [0.2, 0.25) is 0 Å². The van der Waals surface area contributed by atoms with Crippen molar-refractivity contribution in [2.24, 2.45) is 0 Å². The summed E-state index contributed by atoms with van der Waals surface area (Å²) in [7, 11) is 0. The standard InChI is InChI=1S/C17H13F2NO2/c1-10(16-8-11-4-2-3-5-15(11)22-16)20-17(21)12-6-13(18)9-14(19)7-12/h2-10H,1H3,(H,20,21). The maximum Gasteiger partial charge on any atom is 0.252 e. The van der Waals surface area contributed by atoms with Crippen molar-refractivity contribution in [2.75, 3.05) is 0 Å². The molecule has 0 spiro atoms. The topological polar surface area (TPSA) is 42.2 Å². The van der Waals surface area contributed by atoms with Crippen LogP contribution in [0.2, 0.25) is 0 Å². The summed E-state index contributed by atoms with van der Waals surface area (Å²) in [6.07, 6.45) is 0. The van der Waals surface area contributed by atoms with Crippen molar-refractivity contribution in [3.05, 3.63) is 71.5 Å². The molecule has 1 amide bonds. The lowest BCUT2D eigenvalue weighted by atomic mass is 10.1. The number of furan rings is 1. The van der Waals surface area contributed by atoms with Crippen molar-refractivity contribution in [1.29, 1.82) is 0 Å². The van der Waals surface area contributed by atoms with Gasteiger partial charge in [-0.05, 0) is 31.2 Å². The number of hydrogen-bond donors (Lipinski definition) is 1. The predicted octanol–water partition coefficient (Wildman–Crippen LogP) is 4.20. The Bertz CT molecular complexity index is 788. The first-order valence-electron chi connectivity index (χ1n) is 6.78. The van der Waals surface area contributed by atoms with Gasteiger partial charge in [0.1, 0.15) is 23.0 Å². The highest BCUT2D eigenvalue weighted by Crippen LogP contribution is 2.23. The molecule has 1 unspecified atom stereocenters. The molecular weight excluding hydrogens is 288 g/mol. The Morgan fingerprint density at radius 2 is 1.77 bits per heavy atom. The third-order valence-electron chi connectivity index (χ3n) is 3.34. The molecule has 112 valence electrons. The van der Waals surface area contributed by atoms with E-state index >= 15 is 0 Å². The van der Waals surface area contributed by atoms with E-state index in [0.29, 0.717) is 5.76 Å². The van der Waals surface area contributed by atoms with Crippen molar-refractivity contribution in [3.8, 4) is 0 Å². The van der Waals surface area contributed by atoms with Crippen LogP contribution in [0.1, 0.15) is 29.1 Å². The summed E-state index contributed by atoms with van der Waals surface area (Å²) in [6.45, 7) is 1.74. The van der Waals surface area contributed by atoms with E-state index in [1.807, 2.05) is 30.3 Å². The average molecular weight is 301 g/mol. The minimum absolute atomic E-state index is 0.0690. The molecule has 22 heavy (non-hydrogen) atoms. The molecule has 0 radical (unpaired) electrons. The summed E-state index contributed by atoms with van der Waals surface area (Å²) >= 11 is 0. The molecule has 0 aliphatic rings. The van der Waals surface area contributed by atoms with Gasteiger partial charge in [-0.25, -0.2) is 8.78 Å². The van der Waals surface area contributed by atoms with E-state index in [2.05, 4.69) is 5.32 Å². The Morgan fingerprint density at radius 1 is 1.09 bits per heavy atom. The molecule has 0 bridgehead atoms. The van der Waals surface area contributed by atoms with E-state index < -0.39 is 23.6 Å². The van der Waals surface area contributed by atoms with Crippen LogP contribution in [0.3, 0.4) is 0 Å². The van der Waals surface area contributed by atoms with Gasteiger partial charge in [-0.2, -0.15) is 0 Å². The largest absolute Gasteiger partial charge is 0.459 e. The molecule has 0 saturated carbocycles. The number of para-hydroxylation sites is 1. The van der Waals surface area contributed by atoms with E-state index in [-0.39, 0.29) is 5.56 Å². The Kier molecular flexibility index (Phi) is 3.63. The molecule has 3 rings (SSSR count). The van der Waals surface area contributed by atoms with E-state index in [4.69, 9.17) is 4.42 Å². The highest BCUT2D eigenvalue weighted by molar-refractivity contribution is 5.94. The molecular formula is C17H13F2NO2. The first-order valence-corrected chi connectivity index (χ1v) is 6.78. The van der Waals surface area contributed by atoms with Crippen molar-refractivity contribution in [2.45, 2.75) is 13.0 Å². The van der Waals surface area contributed by atoms with E-state index in [0.717, 1.165) is 29.2 Å². The van der Waals surface area contributed by atoms with Gasteiger partial charge in [-0.15, -0.1) is 0 Å². The Balaban J connectivity index is 1.80. The Hall–Kier alpha value is -2.69. The Labute approximate surface area is 125 Å². The molecule has 3 nitrogen and oxygen atoms in total. The van der Waals surface area contributed by atoms with Crippen LogP contribution in [-0.4, -0.2) is 5.91 Å². The van der Waals surface area contributed by atoms with Gasteiger partial charge >= 0.3 is 0 Å². The molecule has 1 atom stereocenters. The summed E-state index contributed by atoms with van der Waals surface area (Å²) in [6, 6.07) is 11.6. The molecule has 1 heterocycles. The van der Waals surface area contributed by atoms with Gasteiger partial charge in [-0.3, -0.25) is 4.79 Å². The number of amides is 1. The monoisotopic (exact) mass is 301 g/mol. The third kappa shape index (κ3) is 2.83. The molecule has 0 saturated heterocycles. The summed E-state index contributed by atoms with van der Waals surface area (Å²) < 4.78 is 32.0. The molecule has 0 fully saturated rings. The lowest BCUT2D eigenvalue weighted by Gasteiger charge is -2.11. The van der Waals surface area contributed by atoms with Crippen LogP contribution in [0.15, 0.2) is 52.9 Å². The average Bonchev–Trinajstić information content (AvgIpc) is 2.90. The summed E-state index contributed by atoms with van der Waals surface area (Å²) in [5.74, 6) is -1.57. The van der Waals surface area contributed by atoms with Crippen molar-refractivity contribution in [3.63, 3.8) is 0 Å². The number of halogens is 2. The maximum atomic E-state index is 13.1. The number of carbonyl (C=O) groups is 1. The molecule has 3 aromatic rings. The van der Waals surface area contributed by atoms with Gasteiger partial charge in [0.05, 0.1) is 6.04 Å². The zero-order chi connectivity index (χ0) is 15.7. The number of fused-ring (bicyclic) bond motifs is 1. The van der Waals surface area contributed by atoms with Gasteiger partial charge < -0.3 is 9.73 Å². The fourth-order valence-corrected chi connectivity index (χ4v) is 2.25. The number of rotatable bonds is 3. The van der Waals surface area contributed by atoms with Gasteiger partial charge in [0.15, 0.2) is 0 Å².